The summed E-state index contributed by atoms with van der Waals surface area (Å²) < 4.78 is 15.6. The lowest BCUT2D eigenvalue weighted by Crippen LogP contribution is -2.20. The van der Waals surface area contributed by atoms with Gasteiger partial charge in [0.2, 0.25) is 0 Å². The first kappa shape index (κ1) is 11.1. The molecule has 0 aliphatic carbocycles. The number of hydrogen-bond donors (Lipinski definition) is 0. The van der Waals surface area contributed by atoms with Crippen LogP contribution in [0.25, 0.3) is 10.2 Å². The third kappa shape index (κ3) is 1.82. The molecule has 0 N–H and O–H groups in total. The van der Waals surface area contributed by atoms with Crippen LogP contribution in [0.1, 0.15) is 5.56 Å². The lowest BCUT2D eigenvalue weighted by atomic mass is 10.2. The van der Waals surface area contributed by atoms with E-state index in [0.29, 0.717) is 15.8 Å². The van der Waals surface area contributed by atoms with Crippen molar-refractivity contribution in [2.75, 3.05) is 0 Å². The van der Waals surface area contributed by atoms with E-state index < -0.39 is 0 Å². The Kier molecular flexibility index (Phi) is 2.68. The van der Waals surface area contributed by atoms with Crippen LogP contribution in [-0.2, 0) is 6.54 Å². The van der Waals surface area contributed by atoms with Crippen molar-refractivity contribution in [3.05, 3.63) is 63.8 Å². The zero-order valence-electron chi connectivity index (χ0n) is 9.34. The Morgan fingerprint density at radius 2 is 2.11 bits per heavy atom. The van der Waals surface area contributed by atoms with Gasteiger partial charge in [-0.1, -0.05) is 18.2 Å². The molecule has 0 atom stereocenters. The maximum Gasteiger partial charge on any atom is 0.271 e. The van der Waals surface area contributed by atoms with E-state index in [4.69, 9.17) is 0 Å². The largest absolute Gasteiger partial charge is 0.293 e. The van der Waals surface area contributed by atoms with Crippen molar-refractivity contribution < 1.29 is 4.39 Å². The molecule has 0 bridgehead atoms. The van der Waals surface area contributed by atoms with E-state index >= 15 is 0 Å². The molecule has 1 aromatic carbocycles. The molecule has 3 aromatic rings. The first-order valence-corrected chi connectivity index (χ1v) is 6.30. The molecule has 0 saturated carbocycles. The molecule has 0 fully saturated rings. The minimum atomic E-state index is -0.310. The molecular weight excluding hydrogens is 251 g/mol. The number of nitrogens with zero attached hydrogens (tertiary/aromatic N) is 2. The number of halogens is 1. The molecule has 90 valence electrons. The monoisotopic (exact) mass is 260 g/mol. The highest BCUT2D eigenvalue weighted by atomic mass is 32.1. The highest BCUT2D eigenvalue weighted by Gasteiger charge is 2.07. The van der Waals surface area contributed by atoms with Gasteiger partial charge >= 0.3 is 0 Å². The van der Waals surface area contributed by atoms with Crippen molar-refractivity contribution in [2.45, 2.75) is 6.54 Å². The fourth-order valence-electron chi connectivity index (χ4n) is 1.80. The molecule has 0 saturated heterocycles. The van der Waals surface area contributed by atoms with Crippen molar-refractivity contribution in [2.24, 2.45) is 0 Å². The normalized spacial score (nSPS) is 10.9. The van der Waals surface area contributed by atoms with E-state index in [1.807, 2.05) is 5.38 Å². The second-order valence-corrected chi connectivity index (χ2v) is 4.82. The Balaban J connectivity index is 2.08. The maximum absolute atomic E-state index is 13.5. The second kappa shape index (κ2) is 4.34. The molecule has 3 rings (SSSR count). The Labute approximate surface area is 106 Å². The van der Waals surface area contributed by atoms with Crippen LogP contribution in [0.3, 0.4) is 0 Å². The van der Waals surface area contributed by atoms with Crippen molar-refractivity contribution in [1.82, 2.24) is 9.55 Å². The number of rotatable bonds is 2. The number of aromatic nitrogens is 2. The van der Waals surface area contributed by atoms with Crippen molar-refractivity contribution in [1.29, 1.82) is 0 Å². The van der Waals surface area contributed by atoms with Crippen LogP contribution in [0.4, 0.5) is 4.39 Å². The van der Waals surface area contributed by atoms with Gasteiger partial charge in [-0.3, -0.25) is 9.36 Å². The predicted octanol–water partition coefficient (Wildman–Crippen LogP) is 2.65. The van der Waals surface area contributed by atoms with E-state index in [1.165, 1.54) is 28.3 Å². The molecule has 0 radical (unpaired) electrons. The summed E-state index contributed by atoms with van der Waals surface area (Å²) in [5.74, 6) is -0.310. The number of thiophene rings is 1. The maximum atomic E-state index is 13.5. The van der Waals surface area contributed by atoms with Crippen molar-refractivity contribution >= 4 is 21.6 Å². The van der Waals surface area contributed by atoms with Gasteiger partial charge in [0.25, 0.3) is 5.56 Å². The van der Waals surface area contributed by atoms with Crippen molar-refractivity contribution in [3.63, 3.8) is 0 Å². The molecular formula is C13H9FN2OS. The van der Waals surface area contributed by atoms with Gasteiger partial charge in [-0.25, -0.2) is 9.37 Å². The molecule has 2 heterocycles. The molecule has 0 unspecified atom stereocenters. The summed E-state index contributed by atoms with van der Waals surface area (Å²) in [6.07, 6.45) is 1.46. The molecule has 3 nitrogen and oxygen atoms in total. The van der Waals surface area contributed by atoms with E-state index in [1.54, 1.807) is 24.3 Å². The van der Waals surface area contributed by atoms with E-state index in [9.17, 15) is 9.18 Å². The van der Waals surface area contributed by atoms with Crippen molar-refractivity contribution in [3.8, 4) is 0 Å². The third-order valence-electron chi connectivity index (χ3n) is 2.73. The lowest BCUT2D eigenvalue weighted by Gasteiger charge is -2.06. The molecule has 5 heteroatoms. The van der Waals surface area contributed by atoms with Gasteiger partial charge in [0.1, 0.15) is 10.5 Å². The lowest BCUT2D eigenvalue weighted by molar-refractivity contribution is 0.595. The van der Waals surface area contributed by atoms with Crippen LogP contribution in [0.15, 0.2) is 46.8 Å². The van der Waals surface area contributed by atoms with Crippen LogP contribution in [0.2, 0.25) is 0 Å². The van der Waals surface area contributed by atoms with Crippen LogP contribution in [0, 0.1) is 5.82 Å². The highest BCUT2D eigenvalue weighted by Crippen LogP contribution is 2.14. The van der Waals surface area contributed by atoms with Crippen LogP contribution in [0.5, 0.6) is 0 Å². The van der Waals surface area contributed by atoms with E-state index in [0.717, 1.165) is 0 Å². The molecule has 0 amide bonds. The van der Waals surface area contributed by atoms with Gasteiger partial charge in [0, 0.05) is 5.56 Å². The third-order valence-corrected chi connectivity index (χ3v) is 3.63. The smallest absolute Gasteiger partial charge is 0.271 e. The molecule has 0 aliphatic rings. The van der Waals surface area contributed by atoms with Crippen LogP contribution in [-0.4, -0.2) is 9.55 Å². The fourth-order valence-corrected chi connectivity index (χ4v) is 2.59. The van der Waals surface area contributed by atoms with Gasteiger partial charge < -0.3 is 0 Å². The van der Waals surface area contributed by atoms with Gasteiger partial charge in [-0.15, -0.1) is 11.3 Å². The number of hydrogen-bond acceptors (Lipinski definition) is 3. The first-order valence-electron chi connectivity index (χ1n) is 5.42. The zero-order valence-corrected chi connectivity index (χ0v) is 10.2. The molecule has 18 heavy (non-hydrogen) atoms. The summed E-state index contributed by atoms with van der Waals surface area (Å²) in [6.45, 7) is 0.201. The average molecular weight is 260 g/mol. The first-order chi connectivity index (χ1) is 8.75. The summed E-state index contributed by atoms with van der Waals surface area (Å²) in [5, 5.41) is 1.83. The quantitative estimate of drug-likeness (QED) is 0.710. The number of fused-ring (bicyclic) bond motifs is 1. The average Bonchev–Trinajstić information content (AvgIpc) is 2.84. The SMILES string of the molecule is O=c1c2sccc2ncn1Cc1ccccc1F. The summed E-state index contributed by atoms with van der Waals surface area (Å²) in [4.78, 5) is 16.3. The minimum Gasteiger partial charge on any atom is -0.293 e. The minimum absolute atomic E-state index is 0.127. The van der Waals surface area contributed by atoms with Gasteiger partial charge in [-0.2, -0.15) is 0 Å². The topological polar surface area (TPSA) is 34.9 Å². The Morgan fingerprint density at radius 3 is 2.94 bits per heavy atom. The molecule has 0 spiro atoms. The predicted molar refractivity (Wildman–Crippen MR) is 69.4 cm³/mol. The van der Waals surface area contributed by atoms with E-state index in [-0.39, 0.29) is 17.9 Å². The zero-order chi connectivity index (χ0) is 12.5. The Hall–Kier alpha value is -2.01. The van der Waals surface area contributed by atoms with Gasteiger partial charge in [0.15, 0.2) is 0 Å². The summed E-state index contributed by atoms with van der Waals surface area (Å²) in [5.41, 5.74) is 1.05. The highest BCUT2D eigenvalue weighted by molar-refractivity contribution is 7.17. The van der Waals surface area contributed by atoms with Crippen LogP contribution < -0.4 is 5.56 Å². The Morgan fingerprint density at radius 1 is 1.28 bits per heavy atom. The Bertz CT molecular complexity index is 763. The summed E-state index contributed by atoms with van der Waals surface area (Å²) >= 11 is 1.35. The van der Waals surface area contributed by atoms with Gasteiger partial charge in [0.05, 0.1) is 18.4 Å². The van der Waals surface area contributed by atoms with Gasteiger partial charge in [-0.05, 0) is 17.5 Å². The van der Waals surface area contributed by atoms with Crippen LogP contribution >= 0.6 is 11.3 Å². The standard InChI is InChI=1S/C13H9FN2OS/c14-10-4-2-1-3-9(10)7-16-8-15-11-5-6-18-12(11)13(16)17/h1-6,8H,7H2. The molecule has 0 aliphatic heterocycles. The van der Waals surface area contributed by atoms with E-state index in [2.05, 4.69) is 4.98 Å². The summed E-state index contributed by atoms with van der Waals surface area (Å²) in [7, 11) is 0. The molecule has 2 aromatic heterocycles. The second-order valence-electron chi connectivity index (χ2n) is 3.90. The fraction of sp³-hybridized carbons (Fsp3) is 0.0769. The number of benzene rings is 1. The summed E-state index contributed by atoms with van der Waals surface area (Å²) in [6, 6.07) is 8.23.